The first-order valence-electron chi connectivity index (χ1n) is 2.97. The Kier molecular flexibility index (Phi) is 3.20. The van der Waals surface area contributed by atoms with Gasteiger partial charge in [0.2, 0.25) is 0 Å². The third-order valence-electron chi connectivity index (χ3n) is 1.03. The van der Waals surface area contributed by atoms with Crippen LogP contribution in [0.15, 0.2) is 12.2 Å². The normalized spacial score (nSPS) is 16.9. The summed E-state index contributed by atoms with van der Waals surface area (Å²) in [6.45, 7) is 1.12. The molecule has 0 heterocycles. The van der Waals surface area contributed by atoms with E-state index in [-0.39, 0.29) is 6.08 Å². The summed E-state index contributed by atoms with van der Waals surface area (Å²) >= 11 is 0. The summed E-state index contributed by atoms with van der Waals surface area (Å²) in [5.41, 5.74) is 0. The first kappa shape index (κ1) is 11.4. The van der Waals surface area contributed by atoms with Gasteiger partial charge in [-0.1, -0.05) is 6.08 Å². The van der Waals surface area contributed by atoms with Gasteiger partial charge in [-0.25, -0.2) is 4.39 Å². The summed E-state index contributed by atoms with van der Waals surface area (Å²) < 4.78 is 59.7. The third kappa shape index (κ3) is 2.77. The number of rotatable bonds is 3. The van der Waals surface area contributed by atoms with Crippen molar-refractivity contribution in [3.8, 4) is 0 Å². The van der Waals surface area contributed by atoms with Crippen molar-refractivity contribution in [2.45, 2.75) is 25.1 Å². The summed E-state index contributed by atoms with van der Waals surface area (Å²) in [5.74, 6) is -4.35. The van der Waals surface area contributed by atoms with Gasteiger partial charge in [-0.3, -0.25) is 0 Å². The highest BCUT2D eigenvalue weighted by molar-refractivity contribution is 4.99. The van der Waals surface area contributed by atoms with Crippen molar-refractivity contribution in [2.75, 3.05) is 0 Å². The van der Waals surface area contributed by atoms with E-state index in [2.05, 4.69) is 0 Å². The second-order valence-electron chi connectivity index (χ2n) is 2.12. The number of alkyl halides is 5. The van der Waals surface area contributed by atoms with Crippen molar-refractivity contribution in [3.05, 3.63) is 12.2 Å². The molecule has 0 fully saturated rings. The van der Waals surface area contributed by atoms with E-state index in [1.54, 1.807) is 0 Å². The maximum atomic E-state index is 12.2. The monoisotopic (exact) mass is 190 g/mol. The van der Waals surface area contributed by atoms with Gasteiger partial charge >= 0.3 is 12.0 Å². The Morgan fingerprint density at radius 2 is 1.67 bits per heavy atom. The van der Waals surface area contributed by atoms with Crippen molar-refractivity contribution >= 4 is 0 Å². The molecular weight excluding hydrogens is 183 g/mol. The zero-order chi connectivity index (χ0) is 9.99. The Hall–Kier alpha value is -0.650. The van der Waals surface area contributed by atoms with Crippen molar-refractivity contribution in [2.24, 2.45) is 0 Å². The van der Waals surface area contributed by atoms with Crippen molar-refractivity contribution in [1.29, 1.82) is 0 Å². The number of hydrogen-bond acceptors (Lipinski definition) is 1. The lowest BCUT2D eigenvalue weighted by Crippen LogP contribution is -2.42. The number of aliphatic hydroxyl groups is 1. The second-order valence-corrected chi connectivity index (χ2v) is 2.12. The maximum absolute atomic E-state index is 12.2. The van der Waals surface area contributed by atoms with Gasteiger partial charge in [-0.15, -0.1) is 0 Å². The van der Waals surface area contributed by atoms with Crippen LogP contribution < -0.4 is 0 Å². The quantitative estimate of drug-likeness (QED) is 0.533. The Labute approximate surface area is 65.5 Å². The van der Waals surface area contributed by atoms with Gasteiger partial charge in [-0.05, 0) is 13.0 Å². The topological polar surface area (TPSA) is 20.2 Å². The largest absolute Gasteiger partial charge is 0.390 e. The average Bonchev–Trinajstić information content (AvgIpc) is 1.84. The van der Waals surface area contributed by atoms with E-state index in [1.165, 1.54) is 0 Å². The molecule has 6 heteroatoms. The highest BCUT2D eigenvalue weighted by Crippen LogP contribution is 2.32. The van der Waals surface area contributed by atoms with Crippen LogP contribution in [0.25, 0.3) is 0 Å². The summed E-state index contributed by atoms with van der Waals surface area (Å²) in [4.78, 5) is 0. The Morgan fingerprint density at radius 1 is 1.25 bits per heavy atom. The first-order valence-corrected chi connectivity index (χ1v) is 2.97. The lowest BCUT2D eigenvalue weighted by Gasteiger charge is -2.20. The van der Waals surface area contributed by atoms with Gasteiger partial charge in [0.1, 0.15) is 0 Å². The fourth-order valence-electron chi connectivity index (χ4n) is 0.538. The predicted octanol–water partition coefficient (Wildman–Crippen LogP) is 2.12. The molecule has 0 spiro atoms. The minimum absolute atomic E-state index is 0.0399. The summed E-state index contributed by atoms with van der Waals surface area (Å²) in [6.07, 6.45) is -8.26. The van der Waals surface area contributed by atoms with Crippen molar-refractivity contribution < 1.29 is 27.1 Å². The molecular formula is C6H7F5O. The summed E-state index contributed by atoms with van der Waals surface area (Å²) in [5, 5.41) is 7.63. The molecule has 0 aliphatic heterocycles. The third-order valence-corrected chi connectivity index (χ3v) is 1.03. The Morgan fingerprint density at radius 3 is 1.92 bits per heavy atom. The van der Waals surface area contributed by atoms with Gasteiger partial charge in [0.15, 0.2) is 0 Å². The number of halogens is 5. The van der Waals surface area contributed by atoms with E-state index < -0.39 is 18.2 Å². The van der Waals surface area contributed by atoms with Crippen LogP contribution in [-0.4, -0.2) is 23.3 Å². The van der Waals surface area contributed by atoms with Crippen LogP contribution in [0.5, 0.6) is 0 Å². The molecule has 0 saturated heterocycles. The van der Waals surface area contributed by atoms with Gasteiger partial charge < -0.3 is 5.11 Å². The molecule has 12 heavy (non-hydrogen) atoms. The minimum Gasteiger partial charge on any atom is -0.334 e. The molecule has 0 amide bonds. The molecule has 0 bridgehead atoms. The Bertz CT molecular complexity index is 171. The molecule has 0 rings (SSSR count). The lowest BCUT2D eigenvalue weighted by atomic mass is 10.2. The summed E-state index contributed by atoms with van der Waals surface area (Å²) in [7, 11) is 0. The average molecular weight is 190 g/mol. The predicted molar refractivity (Wildman–Crippen MR) is 31.8 cm³/mol. The van der Waals surface area contributed by atoms with E-state index in [9.17, 15) is 22.0 Å². The van der Waals surface area contributed by atoms with E-state index in [0.717, 1.165) is 13.0 Å². The van der Waals surface area contributed by atoms with Gasteiger partial charge in [0.25, 0.3) is 6.17 Å². The molecule has 1 nitrogen and oxygen atoms in total. The molecule has 0 aromatic carbocycles. The molecule has 0 aliphatic carbocycles. The van der Waals surface area contributed by atoms with Crippen LogP contribution in [0.1, 0.15) is 6.92 Å². The van der Waals surface area contributed by atoms with Gasteiger partial charge in [0.05, 0.1) is 0 Å². The zero-order valence-corrected chi connectivity index (χ0v) is 6.07. The standard InChI is InChI=1S/C6H7F5O/c1-2-3-5(8,9)4(7)6(10,11)12/h2-4,12H,1H3/b3-2-. The maximum Gasteiger partial charge on any atom is 0.390 e. The number of hydrogen-bond donors (Lipinski definition) is 1. The van der Waals surface area contributed by atoms with Crippen LogP contribution in [0.3, 0.4) is 0 Å². The molecule has 0 saturated carbocycles. The molecule has 1 atom stereocenters. The fraction of sp³-hybridized carbons (Fsp3) is 0.667. The lowest BCUT2D eigenvalue weighted by molar-refractivity contribution is -0.277. The van der Waals surface area contributed by atoms with E-state index in [0.29, 0.717) is 0 Å². The molecule has 0 radical (unpaired) electrons. The minimum atomic E-state index is -5.02. The van der Waals surface area contributed by atoms with Crippen molar-refractivity contribution in [1.82, 2.24) is 0 Å². The molecule has 72 valence electrons. The van der Waals surface area contributed by atoms with Crippen LogP contribution in [0, 0.1) is 0 Å². The van der Waals surface area contributed by atoms with Crippen molar-refractivity contribution in [3.63, 3.8) is 0 Å². The van der Waals surface area contributed by atoms with Crippen LogP contribution in [-0.2, 0) is 0 Å². The molecule has 0 aliphatic rings. The smallest absolute Gasteiger partial charge is 0.334 e. The SMILES string of the molecule is C/C=C\C(F)(F)C(F)C(O)(F)F. The van der Waals surface area contributed by atoms with Crippen LogP contribution in [0.4, 0.5) is 22.0 Å². The van der Waals surface area contributed by atoms with Gasteiger partial charge in [-0.2, -0.15) is 17.6 Å². The van der Waals surface area contributed by atoms with E-state index in [1.807, 2.05) is 0 Å². The highest BCUT2D eigenvalue weighted by Gasteiger charge is 2.53. The zero-order valence-electron chi connectivity index (χ0n) is 6.07. The highest BCUT2D eigenvalue weighted by atomic mass is 19.3. The molecule has 0 aromatic heterocycles. The number of allylic oxidation sites excluding steroid dienone is 2. The van der Waals surface area contributed by atoms with E-state index >= 15 is 0 Å². The fourth-order valence-corrected chi connectivity index (χ4v) is 0.538. The molecule has 0 aromatic rings. The molecule has 1 N–H and O–H groups in total. The first-order chi connectivity index (χ1) is 5.22. The van der Waals surface area contributed by atoms with Crippen LogP contribution >= 0.6 is 0 Å². The Balaban J connectivity index is 4.56. The van der Waals surface area contributed by atoms with E-state index in [4.69, 9.17) is 5.11 Å². The molecule has 1 unspecified atom stereocenters. The van der Waals surface area contributed by atoms with Crippen LogP contribution in [0.2, 0.25) is 0 Å². The summed E-state index contributed by atoms with van der Waals surface area (Å²) in [6, 6.07) is 0. The van der Waals surface area contributed by atoms with Gasteiger partial charge in [0, 0.05) is 0 Å². The second kappa shape index (κ2) is 3.38.